The number of aromatic hydroxyl groups is 1. The maximum Gasteiger partial charge on any atom is 0.344 e. The van der Waals surface area contributed by atoms with Crippen LogP contribution in [0.3, 0.4) is 0 Å². The van der Waals surface area contributed by atoms with Crippen LogP contribution in [-0.4, -0.2) is 36.8 Å². The van der Waals surface area contributed by atoms with Gasteiger partial charge in [0.05, 0.1) is 25.3 Å². The smallest absolute Gasteiger partial charge is 0.344 e. The molecule has 1 fully saturated rings. The van der Waals surface area contributed by atoms with Gasteiger partial charge in [-0.25, -0.2) is 4.79 Å². The molecule has 1 aromatic heterocycles. The summed E-state index contributed by atoms with van der Waals surface area (Å²) >= 11 is 0. The molecule has 0 bridgehead atoms. The van der Waals surface area contributed by atoms with Crippen molar-refractivity contribution in [1.29, 1.82) is 0 Å². The summed E-state index contributed by atoms with van der Waals surface area (Å²) in [7, 11) is 3.13. The molecule has 6 nitrogen and oxygen atoms in total. The Balaban J connectivity index is 1.80. The molecule has 1 saturated heterocycles. The molecule has 1 N–H and O–H groups in total. The molecule has 30 heavy (non-hydrogen) atoms. The quantitative estimate of drug-likeness (QED) is 0.623. The predicted octanol–water partition coefficient (Wildman–Crippen LogP) is 4.56. The van der Waals surface area contributed by atoms with Crippen LogP contribution in [0, 0.1) is 0 Å². The van der Waals surface area contributed by atoms with Gasteiger partial charge in [0, 0.05) is 29.6 Å². The van der Waals surface area contributed by atoms with E-state index in [1.807, 2.05) is 0 Å². The van der Waals surface area contributed by atoms with Crippen molar-refractivity contribution in [3.05, 3.63) is 52.4 Å². The molecule has 0 spiro atoms. The molecule has 158 valence electrons. The summed E-state index contributed by atoms with van der Waals surface area (Å²) in [5, 5.41) is 11.3. The Hall–Kier alpha value is -2.99. The Kier molecular flexibility index (Phi) is 5.68. The monoisotopic (exact) mass is 409 g/mol. The summed E-state index contributed by atoms with van der Waals surface area (Å²) in [5.74, 6) is 1.32. The number of methoxy groups -OCH3 is 2. The van der Waals surface area contributed by atoms with Crippen molar-refractivity contribution in [3.8, 4) is 28.4 Å². The number of phenolic OH excluding ortho intramolecular Hbond substituents is 1. The number of hydrogen-bond donors (Lipinski definition) is 1. The Morgan fingerprint density at radius 2 is 1.93 bits per heavy atom. The molecule has 0 radical (unpaired) electrons. The molecule has 2 heterocycles. The van der Waals surface area contributed by atoms with Crippen LogP contribution < -0.4 is 15.1 Å². The first-order chi connectivity index (χ1) is 14.5. The normalized spacial score (nSPS) is 17.2. The standard InChI is InChI=1S/C24H27NO5/c1-15-6-4-5-11-25(15)14-20-21(26)10-7-16-12-19(24(27)30-23(16)20)18-9-8-17(28-2)13-22(18)29-3/h7-10,12-13,15,26H,4-6,11,14H2,1-3H3/t15-/m0/s1. The van der Waals surface area contributed by atoms with Crippen molar-refractivity contribution in [2.75, 3.05) is 20.8 Å². The fourth-order valence-electron chi connectivity index (χ4n) is 4.19. The van der Waals surface area contributed by atoms with Crippen molar-refractivity contribution in [1.82, 2.24) is 4.90 Å². The van der Waals surface area contributed by atoms with Crippen LogP contribution in [0.15, 0.2) is 45.6 Å². The molecule has 1 aliphatic rings. The highest BCUT2D eigenvalue weighted by Gasteiger charge is 2.22. The largest absolute Gasteiger partial charge is 0.507 e. The van der Waals surface area contributed by atoms with Crippen LogP contribution >= 0.6 is 0 Å². The van der Waals surface area contributed by atoms with Gasteiger partial charge in [-0.1, -0.05) is 6.42 Å². The van der Waals surface area contributed by atoms with Gasteiger partial charge in [-0.05, 0) is 56.6 Å². The number of ether oxygens (including phenoxy) is 2. The number of hydrogen-bond acceptors (Lipinski definition) is 6. The summed E-state index contributed by atoms with van der Waals surface area (Å²) in [5.41, 5.74) is 1.67. The number of phenols is 1. The number of benzene rings is 2. The van der Waals surface area contributed by atoms with Gasteiger partial charge < -0.3 is 19.0 Å². The van der Waals surface area contributed by atoms with E-state index in [4.69, 9.17) is 13.9 Å². The topological polar surface area (TPSA) is 72.1 Å². The lowest BCUT2D eigenvalue weighted by molar-refractivity contribution is 0.151. The Labute approximate surface area is 175 Å². The fraction of sp³-hybridized carbons (Fsp3) is 0.375. The molecule has 4 rings (SSSR count). The number of fused-ring (bicyclic) bond motifs is 1. The molecule has 1 atom stereocenters. The first kappa shape index (κ1) is 20.3. The fourth-order valence-corrected chi connectivity index (χ4v) is 4.19. The first-order valence-electron chi connectivity index (χ1n) is 10.3. The third-order valence-electron chi connectivity index (χ3n) is 5.98. The van der Waals surface area contributed by atoms with E-state index in [1.54, 1.807) is 50.6 Å². The van der Waals surface area contributed by atoms with Crippen molar-refractivity contribution in [3.63, 3.8) is 0 Å². The van der Waals surface area contributed by atoms with E-state index in [9.17, 15) is 9.90 Å². The van der Waals surface area contributed by atoms with Crippen LogP contribution in [0.25, 0.3) is 22.1 Å². The Morgan fingerprint density at radius 1 is 1.10 bits per heavy atom. The summed E-state index contributed by atoms with van der Waals surface area (Å²) in [6, 6.07) is 11.0. The van der Waals surface area contributed by atoms with E-state index >= 15 is 0 Å². The van der Waals surface area contributed by atoms with Gasteiger partial charge in [-0.3, -0.25) is 4.90 Å². The third-order valence-corrected chi connectivity index (χ3v) is 5.98. The average molecular weight is 409 g/mol. The lowest BCUT2D eigenvalue weighted by Crippen LogP contribution is -2.36. The number of likely N-dealkylation sites (tertiary alicyclic amines) is 1. The summed E-state index contributed by atoms with van der Waals surface area (Å²) in [6.07, 6.45) is 3.50. The molecule has 0 amide bonds. The van der Waals surface area contributed by atoms with Gasteiger partial charge >= 0.3 is 5.63 Å². The molecule has 0 aliphatic carbocycles. The van der Waals surface area contributed by atoms with Gasteiger partial charge in [-0.2, -0.15) is 0 Å². The van der Waals surface area contributed by atoms with Crippen LogP contribution in [0.2, 0.25) is 0 Å². The zero-order chi connectivity index (χ0) is 21.3. The Morgan fingerprint density at radius 3 is 2.67 bits per heavy atom. The molecule has 0 saturated carbocycles. The molecule has 1 aliphatic heterocycles. The average Bonchev–Trinajstić information content (AvgIpc) is 2.76. The van der Waals surface area contributed by atoms with Crippen LogP contribution in [0.5, 0.6) is 17.2 Å². The highest BCUT2D eigenvalue weighted by Crippen LogP contribution is 2.35. The van der Waals surface area contributed by atoms with E-state index in [2.05, 4.69) is 11.8 Å². The summed E-state index contributed by atoms with van der Waals surface area (Å²) in [4.78, 5) is 15.3. The van der Waals surface area contributed by atoms with Crippen molar-refractivity contribution >= 4 is 11.0 Å². The van der Waals surface area contributed by atoms with Gasteiger partial charge in [-0.15, -0.1) is 0 Å². The molecular weight excluding hydrogens is 382 g/mol. The Bertz CT molecular complexity index is 1120. The molecule has 2 aromatic carbocycles. The highest BCUT2D eigenvalue weighted by atomic mass is 16.5. The summed E-state index contributed by atoms with van der Waals surface area (Å²) < 4.78 is 16.5. The zero-order valence-corrected chi connectivity index (χ0v) is 17.6. The second kappa shape index (κ2) is 8.40. The van der Waals surface area contributed by atoms with Crippen LogP contribution in [-0.2, 0) is 6.54 Å². The maximum atomic E-state index is 12.9. The van der Waals surface area contributed by atoms with Gasteiger partial charge in [0.25, 0.3) is 0 Å². The van der Waals surface area contributed by atoms with Crippen molar-refractivity contribution in [2.45, 2.75) is 38.8 Å². The second-order valence-corrected chi connectivity index (χ2v) is 7.81. The molecule has 0 unspecified atom stereocenters. The minimum absolute atomic E-state index is 0.151. The van der Waals surface area contributed by atoms with Gasteiger partial charge in [0.15, 0.2) is 0 Å². The number of rotatable bonds is 5. The number of piperidine rings is 1. The third kappa shape index (κ3) is 3.75. The summed E-state index contributed by atoms with van der Waals surface area (Å²) in [6.45, 7) is 3.73. The molecule has 6 heteroatoms. The number of nitrogens with zero attached hydrogens (tertiary/aromatic N) is 1. The van der Waals surface area contributed by atoms with Crippen LogP contribution in [0.4, 0.5) is 0 Å². The van der Waals surface area contributed by atoms with E-state index in [1.165, 1.54) is 6.42 Å². The van der Waals surface area contributed by atoms with E-state index < -0.39 is 5.63 Å². The minimum atomic E-state index is -0.468. The van der Waals surface area contributed by atoms with Crippen LogP contribution in [0.1, 0.15) is 31.7 Å². The van der Waals surface area contributed by atoms with Gasteiger partial charge in [0.2, 0.25) is 0 Å². The lowest BCUT2D eigenvalue weighted by atomic mass is 10.0. The van der Waals surface area contributed by atoms with Crippen molar-refractivity contribution < 1.29 is 19.0 Å². The van der Waals surface area contributed by atoms with E-state index in [0.29, 0.717) is 46.4 Å². The predicted molar refractivity (Wildman–Crippen MR) is 116 cm³/mol. The van der Waals surface area contributed by atoms with Gasteiger partial charge in [0.1, 0.15) is 22.8 Å². The van der Waals surface area contributed by atoms with Crippen molar-refractivity contribution in [2.24, 2.45) is 0 Å². The lowest BCUT2D eigenvalue weighted by Gasteiger charge is -2.33. The zero-order valence-electron chi connectivity index (χ0n) is 17.6. The molecular formula is C24H27NO5. The molecule has 3 aromatic rings. The minimum Gasteiger partial charge on any atom is -0.507 e. The second-order valence-electron chi connectivity index (χ2n) is 7.81. The maximum absolute atomic E-state index is 12.9. The first-order valence-corrected chi connectivity index (χ1v) is 10.3. The van der Waals surface area contributed by atoms with E-state index in [-0.39, 0.29) is 5.75 Å². The van der Waals surface area contributed by atoms with E-state index in [0.717, 1.165) is 24.8 Å². The highest BCUT2D eigenvalue weighted by molar-refractivity contribution is 5.86. The SMILES string of the molecule is COc1ccc(-c2cc3ccc(O)c(CN4CCCC[C@@H]4C)c3oc2=O)c(OC)c1.